The lowest BCUT2D eigenvalue weighted by Gasteiger charge is -2.34. The van der Waals surface area contributed by atoms with E-state index in [1.165, 1.54) is 4.57 Å². The highest BCUT2D eigenvalue weighted by Gasteiger charge is 2.31. The van der Waals surface area contributed by atoms with Gasteiger partial charge in [0.15, 0.2) is 0 Å². The molecule has 1 unspecified atom stereocenters. The van der Waals surface area contributed by atoms with Crippen LogP contribution >= 0.6 is 0 Å². The normalized spacial score (nSPS) is 17.0. The van der Waals surface area contributed by atoms with Gasteiger partial charge in [-0.3, -0.25) is 29.8 Å². The number of benzene rings is 1. The van der Waals surface area contributed by atoms with Crippen molar-refractivity contribution in [2.45, 2.75) is 52.1 Å². The van der Waals surface area contributed by atoms with Gasteiger partial charge in [-0.15, -0.1) is 0 Å². The lowest BCUT2D eigenvalue weighted by atomic mass is 10.0. The first-order valence-electron chi connectivity index (χ1n) is 9.41. The summed E-state index contributed by atoms with van der Waals surface area (Å²) in [6.07, 6.45) is 2.81. The van der Waals surface area contributed by atoms with Gasteiger partial charge in [0.05, 0.1) is 10.9 Å². The molecule has 2 N–H and O–H groups in total. The molecule has 1 aromatic carbocycles. The summed E-state index contributed by atoms with van der Waals surface area (Å²) in [5, 5.41) is 0.531. The van der Waals surface area contributed by atoms with E-state index in [2.05, 4.69) is 15.8 Å². The Kier molecular flexibility index (Phi) is 5.73. The molecule has 1 aromatic heterocycles. The number of para-hydroxylation sites is 1. The largest absolute Gasteiger partial charge is 0.331 e. The van der Waals surface area contributed by atoms with E-state index >= 15 is 0 Å². The first kappa shape index (κ1) is 18.9. The number of aromatic nitrogens is 2. The van der Waals surface area contributed by atoms with Crippen molar-refractivity contribution in [1.29, 1.82) is 0 Å². The van der Waals surface area contributed by atoms with Crippen LogP contribution in [0.2, 0.25) is 0 Å². The maximum absolute atomic E-state index is 12.7. The van der Waals surface area contributed by atoms with Crippen LogP contribution in [0.4, 0.5) is 5.95 Å². The SMILES string of the molecule is CCC(=O)N1CCCCC1C(=O)NNc1nc2ccccc2c(=O)n1CC. The van der Waals surface area contributed by atoms with Gasteiger partial charge in [-0.2, -0.15) is 0 Å². The number of piperidine rings is 1. The zero-order valence-corrected chi connectivity index (χ0v) is 15.7. The summed E-state index contributed by atoms with van der Waals surface area (Å²) in [5.41, 5.74) is 5.82. The number of nitrogens with zero attached hydrogens (tertiary/aromatic N) is 3. The lowest BCUT2D eigenvalue weighted by molar-refractivity contribution is -0.141. The fourth-order valence-corrected chi connectivity index (χ4v) is 3.46. The van der Waals surface area contributed by atoms with E-state index in [4.69, 9.17) is 0 Å². The predicted octanol–water partition coefficient (Wildman–Crippen LogP) is 1.65. The Labute approximate surface area is 157 Å². The maximum Gasteiger partial charge on any atom is 0.262 e. The lowest BCUT2D eigenvalue weighted by Crippen LogP contribution is -2.53. The number of hydrazine groups is 1. The van der Waals surface area contributed by atoms with Crippen LogP contribution in [0.25, 0.3) is 10.9 Å². The summed E-state index contributed by atoms with van der Waals surface area (Å²) in [5.74, 6) is -0.0376. The smallest absolute Gasteiger partial charge is 0.262 e. The third-order valence-electron chi connectivity index (χ3n) is 4.90. The molecule has 3 rings (SSSR count). The van der Waals surface area contributed by atoms with E-state index in [1.54, 1.807) is 30.0 Å². The van der Waals surface area contributed by atoms with Crippen molar-refractivity contribution < 1.29 is 9.59 Å². The summed E-state index contributed by atoms with van der Waals surface area (Å²) in [6.45, 7) is 4.65. The summed E-state index contributed by atoms with van der Waals surface area (Å²) in [6, 6.07) is 6.59. The second-order valence-corrected chi connectivity index (χ2v) is 6.57. The highest BCUT2D eigenvalue weighted by atomic mass is 16.2. The van der Waals surface area contributed by atoms with Gasteiger partial charge in [-0.25, -0.2) is 4.98 Å². The number of nitrogens with one attached hydrogen (secondary N) is 2. The molecule has 0 saturated carbocycles. The highest BCUT2D eigenvalue weighted by Crippen LogP contribution is 2.18. The average Bonchev–Trinajstić information content (AvgIpc) is 2.71. The first-order valence-corrected chi connectivity index (χ1v) is 9.41. The second kappa shape index (κ2) is 8.20. The molecular weight excluding hydrogens is 346 g/mol. The second-order valence-electron chi connectivity index (χ2n) is 6.57. The molecule has 2 aromatic rings. The van der Waals surface area contributed by atoms with Crippen molar-refractivity contribution in [3.05, 3.63) is 34.6 Å². The average molecular weight is 371 g/mol. The molecule has 8 heteroatoms. The van der Waals surface area contributed by atoms with E-state index in [9.17, 15) is 14.4 Å². The van der Waals surface area contributed by atoms with Crippen molar-refractivity contribution in [3.63, 3.8) is 0 Å². The Morgan fingerprint density at radius 2 is 2.00 bits per heavy atom. The van der Waals surface area contributed by atoms with E-state index in [1.807, 2.05) is 13.0 Å². The summed E-state index contributed by atoms with van der Waals surface area (Å²) >= 11 is 0. The van der Waals surface area contributed by atoms with Crippen molar-refractivity contribution >= 4 is 28.7 Å². The molecule has 1 atom stereocenters. The van der Waals surface area contributed by atoms with E-state index in [0.29, 0.717) is 36.8 Å². The molecule has 1 saturated heterocycles. The zero-order chi connectivity index (χ0) is 19.4. The minimum absolute atomic E-state index is 0.0239. The molecule has 0 aliphatic carbocycles. The van der Waals surface area contributed by atoms with Crippen molar-refractivity contribution in [2.24, 2.45) is 0 Å². The first-order chi connectivity index (χ1) is 13.1. The van der Waals surface area contributed by atoms with Gasteiger partial charge in [0, 0.05) is 19.5 Å². The van der Waals surface area contributed by atoms with Crippen LogP contribution in [-0.2, 0) is 16.1 Å². The van der Waals surface area contributed by atoms with Crippen molar-refractivity contribution in [2.75, 3.05) is 12.0 Å². The molecule has 144 valence electrons. The molecule has 1 aliphatic rings. The fraction of sp³-hybridized carbons (Fsp3) is 0.474. The third kappa shape index (κ3) is 3.79. The van der Waals surface area contributed by atoms with E-state index in [0.717, 1.165) is 12.8 Å². The number of carbonyl (C=O) groups is 2. The molecule has 2 heterocycles. The molecule has 27 heavy (non-hydrogen) atoms. The molecule has 2 amide bonds. The molecule has 0 bridgehead atoms. The number of hydrogen-bond donors (Lipinski definition) is 2. The Morgan fingerprint density at radius 3 is 2.74 bits per heavy atom. The van der Waals surface area contributed by atoms with Gasteiger partial charge in [-0.05, 0) is 38.3 Å². The van der Waals surface area contributed by atoms with Crippen LogP contribution in [0, 0.1) is 0 Å². The number of carbonyl (C=O) groups excluding carboxylic acids is 2. The molecule has 1 aliphatic heterocycles. The molecule has 0 radical (unpaired) electrons. The van der Waals surface area contributed by atoms with Gasteiger partial charge >= 0.3 is 0 Å². The number of anilines is 1. The number of fused-ring (bicyclic) bond motifs is 1. The number of amides is 2. The predicted molar refractivity (Wildman–Crippen MR) is 103 cm³/mol. The van der Waals surface area contributed by atoms with E-state index in [-0.39, 0.29) is 23.3 Å². The van der Waals surface area contributed by atoms with Crippen LogP contribution in [0.15, 0.2) is 29.1 Å². The zero-order valence-electron chi connectivity index (χ0n) is 15.7. The molecule has 8 nitrogen and oxygen atoms in total. The van der Waals surface area contributed by atoms with Crippen molar-refractivity contribution in [3.8, 4) is 0 Å². The van der Waals surface area contributed by atoms with E-state index < -0.39 is 6.04 Å². The Bertz CT molecular complexity index is 908. The summed E-state index contributed by atoms with van der Waals surface area (Å²) < 4.78 is 1.47. The minimum atomic E-state index is -0.499. The fourth-order valence-electron chi connectivity index (χ4n) is 3.46. The summed E-state index contributed by atoms with van der Waals surface area (Å²) in [4.78, 5) is 43.5. The quantitative estimate of drug-likeness (QED) is 0.779. The highest BCUT2D eigenvalue weighted by molar-refractivity contribution is 5.88. The van der Waals surface area contributed by atoms with Crippen molar-refractivity contribution in [1.82, 2.24) is 19.9 Å². The van der Waals surface area contributed by atoms with Crippen LogP contribution < -0.4 is 16.4 Å². The maximum atomic E-state index is 12.7. The van der Waals surface area contributed by atoms with Crippen LogP contribution in [0.5, 0.6) is 0 Å². The Balaban J connectivity index is 1.80. The standard InChI is InChI=1S/C19H25N5O3/c1-3-16(25)24-12-8-7-11-15(24)17(26)21-22-19-20-14-10-6-5-9-13(14)18(27)23(19)4-2/h5-6,9-10,15H,3-4,7-8,11-12H2,1-2H3,(H,20,22)(H,21,26). The Hall–Kier alpha value is -2.90. The molecule has 0 spiro atoms. The van der Waals surface area contributed by atoms with Crippen LogP contribution in [0.1, 0.15) is 39.5 Å². The topological polar surface area (TPSA) is 96.3 Å². The van der Waals surface area contributed by atoms with Crippen LogP contribution in [0.3, 0.4) is 0 Å². The van der Waals surface area contributed by atoms with Crippen LogP contribution in [-0.4, -0.2) is 38.9 Å². The number of hydrogen-bond acceptors (Lipinski definition) is 5. The molecular formula is C19H25N5O3. The summed E-state index contributed by atoms with van der Waals surface area (Å²) in [7, 11) is 0. The van der Waals surface area contributed by atoms with Gasteiger partial charge in [0.25, 0.3) is 11.5 Å². The van der Waals surface area contributed by atoms with Gasteiger partial charge in [0.2, 0.25) is 11.9 Å². The minimum Gasteiger partial charge on any atom is -0.331 e. The van der Waals surface area contributed by atoms with Gasteiger partial charge in [0.1, 0.15) is 6.04 Å². The third-order valence-corrected chi connectivity index (χ3v) is 4.90. The Morgan fingerprint density at radius 1 is 1.22 bits per heavy atom. The monoisotopic (exact) mass is 371 g/mol. The number of rotatable bonds is 5. The molecule has 1 fully saturated rings. The van der Waals surface area contributed by atoms with Gasteiger partial charge in [-0.1, -0.05) is 19.1 Å². The number of likely N-dealkylation sites (tertiary alicyclic amines) is 1. The van der Waals surface area contributed by atoms with Gasteiger partial charge < -0.3 is 4.90 Å².